The summed E-state index contributed by atoms with van der Waals surface area (Å²) in [5.41, 5.74) is 10.3. The molecule has 0 radical (unpaired) electrons. The highest BCUT2D eigenvalue weighted by atomic mass is 32.1. The van der Waals surface area contributed by atoms with Crippen molar-refractivity contribution < 1.29 is 13.6 Å². The van der Waals surface area contributed by atoms with E-state index < -0.39 is 11.6 Å². The van der Waals surface area contributed by atoms with Crippen LogP contribution in [0.2, 0.25) is 0 Å². The van der Waals surface area contributed by atoms with Gasteiger partial charge < -0.3 is 27.0 Å². The fourth-order valence-electron chi connectivity index (χ4n) is 3.76. The van der Waals surface area contributed by atoms with Gasteiger partial charge in [-0.05, 0) is 74.7 Å². The number of thiol groups is 1. The zero-order valence-electron chi connectivity index (χ0n) is 23.1. The topological polar surface area (TPSA) is 104 Å². The van der Waals surface area contributed by atoms with E-state index in [9.17, 15) is 13.6 Å². The number of halogens is 2. The normalized spacial score (nSPS) is 12.6. The van der Waals surface area contributed by atoms with Crippen molar-refractivity contribution in [2.75, 3.05) is 43.9 Å². The Morgan fingerprint density at radius 2 is 1.82 bits per heavy atom. The van der Waals surface area contributed by atoms with E-state index in [0.29, 0.717) is 43.7 Å². The summed E-state index contributed by atoms with van der Waals surface area (Å²) in [6.07, 6.45) is 2.95. The number of amides is 1. The van der Waals surface area contributed by atoms with Crippen molar-refractivity contribution in [1.29, 1.82) is 0 Å². The van der Waals surface area contributed by atoms with Gasteiger partial charge in [0.15, 0.2) is 11.6 Å². The second-order valence-corrected chi connectivity index (χ2v) is 9.72. The quantitative estimate of drug-likeness (QED) is 0.105. The van der Waals surface area contributed by atoms with E-state index in [-0.39, 0.29) is 22.4 Å². The molecule has 0 heterocycles. The molecule has 10 heteroatoms. The third-order valence-corrected chi connectivity index (χ3v) is 6.71. The van der Waals surface area contributed by atoms with Crippen LogP contribution >= 0.6 is 12.6 Å². The summed E-state index contributed by atoms with van der Waals surface area (Å²) in [6, 6.07) is 8.62. The molecule has 0 aliphatic carbocycles. The molecule has 0 saturated heterocycles. The second kappa shape index (κ2) is 15.9. The standard InChI is InChI=1S/C29H40F2N6OS/c1-6-21-15-22(7-8-24(21)29(38)35-14-13-34-20(4)26(39)11-12-32)37-17-19(3)36-16-18(2)23-9-10-25(33-5)28(31)27(23)30/h7-10,15-16,26,33-34,37,39H,4,6,11-14,17,32H2,1-3,5H3,(H,35,38)/b18-16+,36-19?. The van der Waals surface area contributed by atoms with Crippen LogP contribution in [0.1, 0.15) is 48.7 Å². The Morgan fingerprint density at radius 1 is 1.13 bits per heavy atom. The molecule has 6 N–H and O–H groups in total. The average Bonchev–Trinajstić information content (AvgIpc) is 2.93. The van der Waals surface area contributed by atoms with E-state index in [1.165, 1.54) is 25.4 Å². The Kier molecular flexibility index (Phi) is 13.0. The summed E-state index contributed by atoms with van der Waals surface area (Å²) in [5.74, 6) is -1.96. The molecule has 1 unspecified atom stereocenters. The Labute approximate surface area is 235 Å². The van der Waals surface area contributed by atoms with Gasteiger partial charge in [-0.25, -0.2) is 8.78 Å². The summed E-state index contributed by atoms with van der Waals surface area (Å²) < 4.78 is 28.4. The maximum absolute atomic E-state index is 14.4. The van der Waals surface area contributed by atoms with E-state index in [2.05, 4.69) is 45.5 Å². The number of carbonyl (C=O) groups is 1. The molecule has 0 fully saturated rings. The van der Waals surface area contributed by atoms with Gasteiger partial charge in [0.2, 0.25) is 0 Å². The maximum Gasteiger partial charge on any atom is 0.251 e. The summed E-state index contributed by atoms with van der Waals surface area (Å²) in [5, 5.41) is 12.0. The van der Waals surface area contributed by atoms with Crippen LogP contribution in [0.5, 0.6) is 0 Å². The number of rotatable bonds is 15. The highest BCUT2D eigenvalue weighted by molar-refractivity contribution is 7.81. The smallest absolute Gasteiger partial charge is 0.251 e. The molecule has 1 amide bonds. The molecule has 1 atom stereocenters. The van der Waals surface area contributed by atoms with Crippen molar-refractivity contribution in [2.24, 2.45) is 10.7 Å². The van der Waals surface area contributed by atoms with Crippen molar-refractivity contribution in [1.82, 2.24) is 10.6 Å². The minimum absolute atomic E-state index is 0.0190. The molecule has 2 rings (SSSR count). The number of benzene rings is 2. The molecule has 2 aromatic rings. The first-order chi connectivity index (χ1) is 18.6. The summed E-state index contributed by atoms with van der Waals surface area (Å²) in [6.45, 7) is 11.5. The van der Waals surface area contributed by atoms with Crippen molar-refractivity contribution in [3.63, 3.8) is 0 Å². The average molecular weight is 559 g/mol. The number of hydrogen-bond donors (Lipinski definition) is 6. The zero-order valence-corrected chi connectivity index (χ0v) is 24.0. The second-order valence-electron chi connectivity index (χ2n) is 9.10. The van der Waals surface area contributed by atoms with Crippen LogP contribution < -0.4 is 27.0 Å². The molecule has 0 aliphatic rings. The largest absolute Gasteiger partial charge is 0.386 e. The van der Waals surface area contributed by atoms with Crippen LogP contribution in [-0.2, 0) is 6.42 Å². The summed E-state index contributed by atoms with van der Waals surface area (Å²) in [4.78, 5) is 17.1. The highest BCUT2D eigenvalue weighted by Gasteiger charge is 2.14. The number of aryl methyl sites for hydroxylation is 1. The predicted molar refractivity (Wildman–Crippen MR) is 163 cm³/mol. The number of allylic oxidation sites excluding steroid dienone is 1. The molecule has 2 aromatic carbocycles. The van der Waals surface area contributed by atoms with E-state index in [1.54, 1.807) is 13.0 Å². The fourth-order valence-corrected chi connectivity index (χ4v) is 4.00. The summed E-state index contributed by atoms with van der Waals surface area (Å²) >= 11 is 4.45. The summed E-state index contributed by atoms with van der Waals surface area (Å²) in [7, 11) is 1.54. The SMILES string of the molecule is C=C(NCCNC(=O)c1ccc(NCC(C)=N/C=C(\C)c2ccc(NC)c(F)c2F)cc1CC)C(S)CCN. The number of aliphatic imine (C=N–C) groups is 1. The van der Waals surface area contributed by atoms with Gasteiger partial charge in [0, 0.05) is 59.8 Å². The lowest BCUT2D eigenvalue weighted by Crippen LogP contribution is -2.33. The lowest BCUT2D eigenvalue weighted by molar-refractivity contribution is 0.0953. The first kappa shape index (κ1) is 31.8. The molecule has 0 aliphatic heterocycles. The van der Waals surface area contributed by atoms with Gasteiger partial charge in [-0.15, -0.1) is 0 Å². The van der Waals surface area contributed by atoms with Crippen LogP contribution in [0.4, 0.5) is 20.2 Å². The first-order valence-corrected chi connectivity index (χ1v) is 13.5. The number of anilines is 2. The van der Waals surface area contributed by atoms with E-state index in [0.717, 1.165) is 29.1 Å². The Hall–Kier alpha value is -3.37. The lowest BCUT2D eigenvalue weighted by atomic mass is 10.0. The molecule has 0 saturated carbocycles. The maximum atomic E-state index is 14.4. The van der Waals surface area contributed by atoms with E-state index in [4.69, 9.17) is 5.73 Å². The number of carbonyl (C=O) groups excluding carboxylic acids is 1. The lowest BCUT2D eigenvalue weighted by Gasteiger charge is -2.16. The van der Waals surface area contributed by atoms with Crippen molar-refractivity contribution in [2.45, 2.75) is 38.9 Å². The van der Waals surface area contributed by atoms with Gasteiger partial charge in [0.05, 0.1) is 12.2 Å². The number of hydrogen-bond acceptors (Lipinski definition) is 7. The highest BCUT2D eigenvalue weighted by Crippen LogP contribution is 2.25. The molecule has 0 bridgehead atoms. The van der Waals surface area contributed by atoms with Gasteiger partial charge >= 0.3 is 0 Å². The van der Waals surface area contributed by atoms with Crippen LogP contribution in [-0.4, -0.2) is 50.1 Å². The minimum Gasteiger partial charge on any atom is -0.386 e. The monoisotopic (exact) mass is 558 g/mol. The van der Waals surface area contributed by atoms with Crippen LogP contribution in [0.3, 0.4) is 0 Å². The first-order valence-electron chi connectivity index (χ1n) is 12.9. The van der Waals surface area contributed by atoms with Gasteiger partial charge in [0.25, 0.3) is 5.91 Å². The van der Waals surface area contributed by atoms with Crippen molar-refractivity contribution >= 4 is 41.2 Å². The Morgan fingerprint density at radius 3 is 2.49 bits per heavy atom. The number of nitrogens with one attached hydrogen (secondary N) is 4. The molecule has 0 aromatic heterocycles. The molecule has 212 valence electrons. The van der Waals surface area contributed by atoms with Gasteiger partial charge in [-0.1, -0.05) is 13.5 Å². The van der Waals surface area contributed by atoms with Gasteiger partial charge in [-0.2, -0.15) is 12.6 Å². The van der Waals surface area contributed by atoms with E-state index in [1.807, 2.05) is 26.0 Å². The van der Waals surface area contributed by atoms with Crippen molar-refractivity contribution in [3.8, 4) is 0 Å². The number of nitrogens with two attached hydrogens (primary N) is 1. The van der Waals surface area contributed by atoms with E-state index >= 15 is 0 Å². The molecule has 39 heavy (non-hydrogen) atoms. The third kappa shape index (κ3) is 9.40. The molecular formula is C29H40F2N6OS. The Balaban J connectivity index is 1.95. The van der Waals surface area contributed by atoms with Crippen molar-refractivity contribution in [3.05, 3.63) is 77.1 Å². The Bertz CT molecular complexity index is 1210. The molecule has 7 nitrogen and oxygen atoms in total. The van der Waals surface area contributed by atoms with Crippen LogP contribution in [0, 0.1) is 11.6 Å². The zero-order chi connectivity index (χ0) is 28.9. The number of nitrogens with zero attached hydrogens (tertiary/aromatic N) is 1. The molecular weight excluding hydrogens is 518 g/mol. The molecule has 0 spiro atoms. The van der Waals surface area contributed by atoms with Crippen LogP contribution in [0.25, 0.3) is 5.57 Å². The third-order valence-electron chi connectivity index (χ3n) is 6.14. The van der Waals surface area contributed by atoms with Gasteiger partial charge in [0.1, 0.15) is 0 Å². The minimum atomic E-state index is -0.915. The van der Waals surface area contributed by atoms with Crippen LogP contribution in [0.15, 0.2) is 53.8 Å². The predicted octanol–water partition coefficient (Wildman–Crippen LogP) is 4.98. The van der Waals surface area contributed by atoms with Gasteiger partial charge in [-0.3, -0.25) is 9.79 Å². The fraction of sp³-hybridized carbons (Fsp3) is 0.379.